The minimum Gasteiger partial charge on any atom is -0.463 e. The summed E-state index contributed by atoms with van der Waals surface area (Å²) in [7, 11) is 0. The summed E-state index contributed by atoms with van der Waals surface area (Å²) in [5.74, 6) is 0. The van der Waals surface area contributed by atoms with Crippen LogP contribution in [0.3, 0.4) is 0 Å². The first-order chi connectivity index (χ1) is 14.5. The number of hydrogen-bond acceptors (Lipinski definition) is 7. The maximum absolute atomic E-state index is 12.2. The van der Waals surface area contributed by atoms with Crippen molar-refractivity contribution < 1.29 is 29.0 Å². The molecule has 0 aliphatic carbocycles. The van der Waals surface area contributed by atoms with Gasteiger partial charge in [-0.15, -0.1) is 0 Å². The van der Waals surface area contributed by atoms with Gasteiger partial charge in [0.25, 0.3) is 0 Å². The first-order valence-corrected chi connectivity index (χ1v) is 9.31. The van der Waals surface area contributed by atoms with Crippen molar-refractivity contribution in [1.29, 1.82) is 0 Å². The average molecular weight is 411 g/mol. The van der Waals surface area contributed by atoms with E-state index in [9.17, 15) is 24.6 Å². The fourth-order valence-electron chi connectivity index (χ4n) is 2.91. The third-order valence-electron chi connectivity index (χ3n) is 4.58. The van der Waals surface area contributed by atoms with Crippen LogP contribution in [0.4, 0.5) is 4.79 Å². The Hall–Kier alpha value is -3.49. The molecule has 2 aromatic carbocycles. The van der Waals surface area contributed by atoms with Gasteiger partial charge in [-0.25, -0.2) is 4.79 Å². The lowest BCUT2D eigenvalue weighted by molar-refractivity contribution is 0.0137. The summed E-state index contributed by atoms with van der Waals surface area (Å²) in [6, 6.07) is 13.6. The minimum absolute atomic E-state index is 0.0582. The van der Waals surface area contributed by atoms with Crippen LogP contribution in [0, 0.1) is 0 Å². The van der Waals surface area contributed by atoms with E-state index in [2.05, 4.69) is 5.32 Å². The number of fused-ring (bicyclic) bond motifs is 1. The number of hydrogen-bond donors (Lipinski definition) is 3. The Balaban J connectivity index is 1.54. The summed E-state index contributed by atoms with van der Waals surface area (Å²) in [4.78, 5) is 34.9. The van der Waals surface area contributed by atoms with Gasteiger partial charge >= 0.3 is 6.09 Å². The SMILES string of the molecule is O=Cc1coc2ccc(C(O)C(O)CCNC(=O)OCc3ccccc3)cc2c1=O. The normalized spacial score (nSPS) is 12.9. The molecule has 0 aliphatic heterocycles. The van der Waals surface area contributed by atoms with Crippen molar-refractivity contribution in [3.63, 3.8) is 0 Å². The number of alkyl carbamates (subject to hydrolysis) is 1. The van der Waals surface area contributed by atoms with Crippen molar-refractivity contribution in [2.24, 2.45) is 0 Å². The number of aliphatic hydroxyl groups excluding tert-OH is 2. The molecule has 30 heavy (non-hydrogen) atoms. The second kappa shape index (κ2) is 9.82. The van der Waals surface area contributed by atoms with Crippen LogP contribution in [0.1, 0.15) is 34.0 Å². The number of carbonyl (C=O) groups excluding carboxylic acids is 2. The highest BCUT2D eigenvalue weighted by atomic mass is 16.5. The first kappa shape index (κ1) is 21.2. The zero-order valence-corrected chi connectivity index (χ0v) is 16.0. The molecule has 156 valence electrons. The number of nitrogens with one attached hydrogen (secondary N) is 1. The van der Waals surface area contributed by atoms with Gasteiger partial charge in [0, 0.05) is 6.54 Å². The van der Waals surface area contributed by atoms with Gasteiger partial charge in [-0.2, -0.15) is 0 Å². The Kier molecular flexibility index (Phi) is 6.95. The topological polar surface area (TPSA) is 126 Å². The summed E-state index contributed by atoms with van der Waals surface area (Å²) in [6.07, 6.45) is -1.60. The van der Waals surface area contributed by atoms with Crippen molar-refractivity contribution in [1.82, 2.24) is 5.32 Å². The number of benzene rings is 2. The van der Waals surface area contributed by atoms with Gasteiger partial charge in [-0.1, -0.05) is 36.4 Å². The molecule has 2 atom stereocenters. The number of rotatable bonds is 8. The highest BCUT2D eigenvalue weighted by Gasteiger charge is 2.20. The summed E-state index contributed by atoms with van der Waals surface area (Å²) in [6.45, 7) is 0.206. The molecule has 0 saturated heterocycles. The van der Waals surface area contributed by atoms with Crippen LogP contribution in [-0.4, -0.2) is 35.2 Å². The molecule has 0 saturated carbocycles. The van der Waals surface area contributed by atoms with Crippen molar-refractivity contribution >= 4 is 23.3 Å². The van der Waals surface area contributed by atoms with Crippen molar-refractivity contribution in [3.8, 4) is 0 Å². The Morgan fingerprint density at radius 1 is 1.17 bits per heavy atom. The van der Waals surface area contributed by atoms with Crippen LogP contribution in [0.25, 0.3) is 11.0 Å². The lowest BCUT2D eigenvalue weighted by atomic mass is 10.00. The maximum atomic E-state index is 12.2. The molecule has 3 N–H and O–H groups in total. The second-order valence-electron chi connectivity index (χ2n) is 6.68. The van der Waals surface area contributed by atoms with Gasteiger partial charge in [-0.3, -0.25) is 9.59 Å². The Morgan fingerprint density at radius 2 is 1.93 bits per heavy atom. The summed E-state index contributed by atoms with van der Waals surface area (Å²) >= 11 is 0. The summed E-state index contributed by atoms with van der Waals surface area (Å²) in [5.41, 5.74) is 0.753. The molecular formula is C22H21NO7. The Labute approximate surface area is 171 Å². The Morgan fingerprint density at radius 3 is 2.67 bits per heavy atom. The van der Waals surface area contributed by atoms with Gasteiger partial charge in [0.05, 0.1) is 17.1 Å². The molecule has 3 rings (SSSR count). The standard InChI is InChI=1S/C22H21NO7/c24-11-16-13-29-19-7-6-15(10-17(19)20(16)26)21(27)18(25)8-9-23-22(28)30-12-14-4-2-1-3-5-14/h1-7,10-11,13,18,21,25,27H,8-9,12H2,(H,23,28). The molecule has 1 aromatic heterocycles. The van der Waals surface area contributed by atoms with E-state index >= 15 is 0 Å². The van der Waals surface area contributed by atoms with E-state index in [-0.39, 0.29) is 41.7 Å². The third kappa shape index (κ3) is 5.11. The van der Waals surface area contributed by atoms with Gasteiger partial charge in [0.15, 0.2) is 6.29 Å². The van der Waals surface area contributed by atoms with Crippen molar-refractivity contribution in [2.45, 2.75) is 25.2 Å². The van der Waals surface area contributed by atoms with Gasteiger partial charge in [0.1, 0.15) is 24.6 Å². The van der Waals surface area contributed by atoms with Crippen LogP contribution in [0.15, 0.2) is 64.0 Å². The highest BCUT2D eigenvalue weighted by Crippen LogP contribution is 2.22. The van der Waals surface area contributed by atoms with E-state index in [1.807, 2.05) is 30.3 Å². The highest BCUT2D eigenvalue weighted by molar-refractivity contribution is 5.84. The van der Waals surface area contributed by atoms with Crippen molar-refractivity contribution in [2.75, 3.05) is 6.54 Å². The summed E-state index contributed by atoms with van der Waals surface area (Å²) < 4.78 is 10.3. The van der Waals surface area contributed by atoms with E-state index < -0.39 is 23.7 Å². The summed E-state index contributed by atoms with van der Waals surface area (Å²) in [5, 5.41) is 23.3. The van der Waals surface area contributed by atoms with E-state index in [0.29, 0.717) is 6.29 Å². The minimum atomic E-state index is -1.30. The van der Waals surface area contributed by atoms with E-state index in [4.69, 9.17) is 9.15 Å². The fourth-order valence-corrected chi connectivity index (χ4v) is 2.91. The van der Waals surface area contributed by atoms with Gasteiger partial charge in [0.2, 0.25) is 5.43 Å². The number of aldehydes is 1. The molecule has 0 bridgehead atoms. The van der Waals surface area contributed by atoms with Crippen LogP contribution >= 0.6 is 0 Å². The molecule has 1 heterocycles. The first-order valence-electron chi connectivity index (χ1n) is 9.31. The molecule has 0 spiro atoms. The Bertz CT molecular complexity index is 1080. The molecule has 0 aliphatic rings. The molecule has 8 nitrogen and oxygen atoms in total. The quantitative estimate of drug-likeness (QED) is 0.486. The molecular weight excluding hydrogens is 390 g/mol. The van der Waals surface area contributed by atoms with Crippen LogP contribution in [-0.2, 0) is 11.3 Å². The second-order valence-corrected chi connectivity index (χ2v) is 6.68. The lowest BCUT2D eigenvalue weighted by Crippen LogP contribution is -2.29. The number of carbonyl (C=O) groups is 2. The van der Waals surface area contributed by atoms with Crippen LogP contribution < -0.4 is 10.7 Å². The molecule has 3 aromatic rings. The van der Waals surface area contributed by atoms with E-state index in [0.717, 1.165) is 11.8 Å². The predicted molar refractivity (Wildman–Crippen MR) is 108 cm³/mol. The van der Waals surface area contributed by atoms with Gasteiger partial charge in [-0.05, 0) is 29.7 Å². The number of amides is 1. The monoisotopic (exact) mass is 411 g/mol. The van der Waals surface area contributed by atoms with Crippen molar-refractivity contribution in [3.05, 3.63) is 81.7 Å². The smallest absolute Gasteiger partial charge is 0.407 e. The molecule has 2 unspecified atom stereocenters. The third-order valence-corrected chi connectivity index (χ3v) is 4.58. The fraction of sp³-hybridized carbons (Fsp3) is 0.227. The zero-order chi connectivity index (χ0) is 21.5. The van der Waals surface area contributed by atoms with Crippen LogP contribution in [0.5, 0.6) is 0 Å². The van der Waals surface area contributed by atoms with E-state index in [1.54, 1.807) is 0 Å². The average Bonchev–Trinajstić information content (AvgIpc) is 2.78. The molecule has 1 amide bonds. The number of aliphatic hydroxyl groups is 2. The van der Waals surface area contributed by atoms with Crippen LogP contribution in [0.2, 0.25) is 0 Å². The largest absolute Gasteiger partial charge is 0.463 e. The molecule has 8 heteroatoms. The maximum Gasteiger partial charge on any atom is 0.407 e. The molecule has 0 fully saturated rings. The number of ether oxygens (including phenoxy) is 1. The van der Waals surface area contributed by atoms with E-state index in [1.165, 1.54) is 18.2 Å². The predicted octanol–water partition coefficient (Wildman–Crippen LogP) is 2.32. The molecule has 0 radical (unpaired) electrons. The zero-order valence-electron chi connectivity index (χ0n) is 16.0. The lowest BCUT2D eigenvalue weighted by Gasteiger charge is -2.18. The van der Waals surface area contributed by atoms with Gasteiger partial charge < -0.3 is 24.7 Å².